The monoisotopic (exact) mass is 347 g/mol. The average molecular weight is 347 g/mol. The number of rotatable bonds is 3. The predicted molar refractivity (Wildman–Crippen MR) is 87.9 cm³/mol. The van der Waals surface area contributed by atoms with Crippen LogP contribution in [0.1, 0.15) is 23.0 Å². The van der Waals surface area contributed by atoms with Crippen molar-refractivity contribution in [2.45, 2.75) is 6.92 Å². The number of carbonyl (C=O) groups excluding carboxylic acids is 3. The van der Waals surface area contributed by atoms with E-state index < -0.39 is 17.8 Å². The fraction of sp³-hybridized carbons (Fsp3) is 0.0526. The minimum Gasteiger partial charge on any atom is -0.545 e. The third-order valence-electron chi connectivity index (χ3n) is 3.92. The van der Waals surface area contributed by atoms with E-state index in [1.54, 1.807) is 36.4 Å². The molecule has 1 aliphatic heterocycles. The number of carbonyl (C=O) groups is 3. The second-order valence-corrected chi connectivity index (χ2v) is 5.49. The molecule has 2 heterocycles. The van der Waals surface area contributed by atoms with Crippen molar-refractivity contribution in [3.63, 3.8) is 0 Å². The first-order valence-electron chi connectivity index (χ1n) is 7.51. The number of carboxylic acid groups (broad SMARTS) is 1. The zero-order valence-electron chi connectivity index (χ0n) is 13.5. The van der Waals surface area contributed by atoms with E-state index in [1.165, 1.54) is 19.1 Å². The van der Waals surface area contributed by atoms with Crippen molar-refractivity contribution < 1.29 is 23.9 Å². The van der Waals surface area contributed by atoms with Gasteiger partial charge < -0.3 is 14.3 Å². The summed E-state index contributed by atoms with van der Waals surface area (Å²) in [7, 11) is 0. The molecule has 0 aliphatic carbocycles. The molecule has 0 bridgehead atoms. The summed E-state index contributed by atoms with van der Waals surface area (Å²) in [6.07, 6.45) is 1.39. The van der Waals surface area contributed by atoms with Gasteiger partial charge in [0.15, 0.2) is 0 Å². The first kappa shape index (κ1) is 16.9. The number of imide groups is 1. The molecule has 3 rings (SSSR count). The molecule has 1 aliphatic rings. The van der Waals surface area contributed by atoms with Crippen molar-refractivity contribution in [2.24, 2.45) is 0 Å². The van der Waals surface area contributed by atoms with Crippen LogP contribution in [-0.4, -0.2) is 17.8 Å². The molecule has 128 valence electrons. The molecule has 7 nitrogen and oxygen atoms in total. The number of aromatic carboxylic acids is 1. The molecule has 0 spiro atoms. The van der Waals surface area contributed by atoms with E-state index in [0.29, 0.717) is 5.56 Å². The summed E-state index contributed by atoms with van der Waals surface area (Å²) >= 11 is 0. The van der Waals surface area contributed by atoms with Crippen molar-refractivity contribution >= 4 is 23.9 Å². The van der Waals surface area contributed by atoms with Crippen LogP contribution in [0.5, 0.6) is 0 Å². The molecule has 0 unspecified atom stereocenters. The molecular weight excluding hydrogens is 336 g/mol. The predicted octanol–water partition coefficient (Wildman–Crippen LogP) is 1.19. The van der Waals surface area contributed by atoms with Crippen LogP contribution in [-0.2, 0) is 9.59 Å². The summed E-state index contributed by atoms with van der Waals surface area (Å²) in [5, 5.41) is 22.4. The maximum Gasteiger partial charge on any atom is 0.269 e. The largest absolute Gasteiger partial charge is 0.545 e. The van der Waals surface area contributed by atoms with Crippen LogP contribution in [0.3, 0.4) is 0 Å². The zero-order valence-corrected chi connectivity index (χ0v) is 13.5. The van der Waals surface area contributed by atoms with Crippen LogP contribution in [0.25, 0.3) is 17.4 Å². The quantitative estimate of drug-likeness (QED) is 0.657. The second kappa shape index (κ2) is 6.53. The lowest BCUT2D eigenvalue weighted by Crippen LogP contribution is -2.37. The SMILES string of the molecule is CC1=C(C#N)C(=O)NC(=O)C1=Cc1ccc(-c2ccccc2C(=O)[O-])o1. The van der Waals surface area contributed by atoms with Gasteiger partial charge >= 0.3 is 0 Å². The molecule has 2 amide bonds. The molecule has 26 heavy (non-hydrogen) atoms. The Morgan fingerprint density at radius 2 is 1.92 bits per heavy atom. The lowest BCUT2D eigenvalue weighted by Gasteiger charge is -2.15. The zero-order chi connectivity index (χ0) is 18.8. The van der Waals surface area contributed by atoms with Gasteiger partial charge in [0, 0.05) is 16.7 Å². The van der Waals surface area contributed by atoms with E-state index in [4.69, 9.17) is 9.68 Å². The summed E-state index contributed by atoms with van der Waals surface area (Å²) in [5.41, 5.74) is 0.532. The maximum absolute atomic E-state index is 12.0. The molecule has 0 fully saturated rings. The van der Waals surface area contributed by atoms with E-state index in [-0.39, 0.29) is 33.8 Å². The van der Waals surface area contributed by atoms with E-state index in [0.717, 1.165) is 0 Å². The Labute approximate surface area is 147 Å². The van der Waals surface area contributed by atoms with Gasteiger partial charge in [-0.25, -0.2) is 0 Å². The molecule has 7 heteroatoms. The van der Waals surface area contributed by atoms with E-state index in [9.17, 15) is 19.5 Å². The van der Waals surface area contributed by atoms with Gasteiger partial charge in [0.2, 0.25) is 0 Å². The molecular formula is C19H11N2O5-. The van der Waals surface area contributed by atoms with Gasteiger partial charge in [-0.1, -0.05) is 24.3 Å². The van der Waals surface area contributed by atoms with Crippen molar-refractivity contribution in [3.05, 3.63) is 64.4 Å². The summed E-state index contributed by atoms with van der Waals surface area (Å²) in [4.78, 5) is 34.9. The van der Waals surface area contributed by atoms with Gasteiger partial charge in [0.05, 0.1) is 5.97 Å². The summed E-state index contributed by atoms with van der Waals surface area (Å²) in [5.74, 6) is -2.16. The maximum atomic E-state index is 12.0. The summed E-state index contributed by atoms with van der Waals surface area (Å²) < 4.78 is 5.62. The van der Waals surface area contributed by atoms with Gasteiger partial charge in [0.25, 0.3) is 11.8 Å². The second-order valence-electron chi connectivity index (χ2n) is 5.49. The van der Waals surface area contributed by atoms with E-state index in [2.05, 4.69) is 5.32 Å². The number of carboxylic acids is 1. The van der Waals surface area contributed by atoms with Gasteiger partial charge in [-0.05, 0) is 30.7 Å². The number of benzene rings is 1. The highest BCUT2D eigenvalue weighted by molar-refractivity contribution is 6.19. The van der Waals surface area contributed by atoms with Crippen LogP contribution < -0.4 is 10.4 Å². The highest BCUT2D eigenvalue weighted by Gasteiger charge is 2.27. The Hall–Kier alpha value is -3.92. The number of hydrogen-bond acceptors (Lipinski definition) is 6. The fourth-order valence-electron chi connectivity index (χ4n) is 2.61. The molecule has 1 N–H and O–H groups in total. The van der Waals surface area contributed by atoms with Crippen LogP contribution in [0, 0.1) is 11.3 Å². The third-order valence-corrected chi connectivity index (χ3v) is 3.92. The standard InChI is InChI=1S/C19H12N2O5/c1-10-14(17(22)21-18(23)15(10)9-20)8-11-6-7-16(26-11)12-4-2-3-5-13(12)19(24)25/h2-8H,1H3,(H,24,25)(H,21,22,23)/p-1. The molecule has 0 atom stereocenters. The lowest BCUT2D eigenvalue weighted by molar-refractivity contribution is -0.255. The Bertz CT molecular complexity index is 1050. The van der Waals surface area contributed by atoms with Gasteiger partial charge in [-0.15, -0.1) is 0 Å². The van der Waals surface area contributed by atoms with Crippen LogP contribution >= 0.6 is 0 Å². The van der Waals surface area contributed by atoms with Gasteiger partial charge in [0.1, 0.15) is 23.2 Å². The number of furan rings is 1. The highest BCUT2D eigenvalue weighted by atomic mass is 16.4. The minimum absolute atomic E-state index is 0.0232. The summed E-state index contributed by atoms with van der Waals surface area (Å²) in [6, 6.07) is 11.1. The minimum atomic E-state index is -1.33. The third kappa shape index (κ3) is 2.91. The van der Waals surface area contributed by atoms with E-state index >= 15 is 0 Å². The van der Waals surface area contributed by atoms with Crippen molar-refractivity contribution in [1.82, 2.24) is 5.32 Å². The smallest absolute Gasteiger partial charge is 0.269 e. The first-order chi connectivity index (χ1) is 12.4. The van der Waals surface area contributed by atoms with Crippen molar-refractivity contribution in [3.8, 4) is 17.4 Å². The van der Waals surface area contributed by atoms with Crippen LogP contribution in [0.4, 0.5) is 0 Å². The van der Waals surface area contributed by atoms with E-state index in [1.807, 2.05) is 0 Å². The lowest BCUT2D eigenvalue weighted by atomic mass is 9.96. The highest BCUT2D eigenvalue weighted by Crippen LogP contribution is 2.28. The fourth-order valence-corrected chi connectivity index (χ4v) is 2.61. The van der Waals surface area contributed by atoms with Crippen LogP contribution in [0.2, 0.25) is 0 Å². The first-order valence-corrected chi connectivity index (χ1v) is 7.51. The molecule has 0 saturated heterocycles. The molecule has 1 aromatic carbocycles. The van der Waals surface area contributed by atoms with Crippen molar-refractivity contribution in [2.75, 3.05) is 0 Å². The number of hydrogen-bond donors (Lipinski definition) is 1. The van der Waals surface area contributed by atoms with Gasteiger partial charge in [-0.3, -0.25) is 14.9 Å². The molecule has 2 aromatic rings. The van der Waals surface area contributed by atoms with Crippen LogP contribution in [0.15, 0.2) is 57.5 Å². The normalized spacial score (nSPS) is 15.8. The van der Waals surface area contributed by atoms with Crippen molar-refractivity contribution in [1.29, 1.82) is 5.26 Å². The Balaban J connectivity index is 2.04. The number of nitrogens with one attached hydrogen (secondary N) is 1. The number of nitriles is 1. The van der Waals surface area contributed by atoms with Gasteiger partial charge in [-0.2, -0.15) is 5.26 Å². The molecule has 0 radical (unpaired) electrons. The Morgan fingerprint density at radius 1 is 1.19 bits per heavy atom. The Morgan fingerprint density at radius 3 is 2.62 bits per heavy atom. The molecule has 0 saturated carbocycles. The number of amides is 2. The summed E-state index contributed by atoms with van der Waals surface area (Å²) in [6.45, 7) is 1.50. The molecule has 1 aromatic heterocycles. The average Bonchev–Trinajstić information content (AvgIpc) is 3.07. The Kier molecular flexibility index (Phi) is 4.25. The topological polar surface area (TPSA) is 123 Å². The number of nitrogens with zero attached hydrogens (tertiary/aromatic N) is 1.